The number of hydrogen-bond acceptors (Lipinski definition) is 5. The molecule has 0 atom stereocenters. The van der Waals surface area contributed by atoms with Gasteiger partial charge in [-0.05, 0) is 51.3 Å². The van der Waals surface area contributed by atoms with Crippen molar-refractivity contribution in [2.75, 3.05) is 37.8 Å². The molecule has 2 rings (SSSR count). The van der Waals surface area contributed by atoms with E-state index in [1.165, 1.54) is 0 Å². The Bertz CT molecular complexity index is 619. The fraction of sp³-hybridized carbons (Fsp3) is 0.333. The van der Waals surface area contributed by atoms with Gasteiger partial charge in [0.05, 0.1) is 10.7 Å². The van der Waals surface area contributed by atoms with Gasteiger partial charge in [-0.2, -0.15) is 4.98 Å². The Morgan fingerprint density at radius 1 is 1.18 bits per heavy atom. The van der Waals surface area contributed by atoms with Crippen molar-refractivity contribution >= 4 is 40.7 Å². The van der Waals surface area contributed by atoms with Gasteiger partial charge in [0.1, 0.15) is 5.82 Å². The minimum Gasteiger partial charge on any atom is -0.370 e. The average molecular weight is 340 g/mol. The Morgan fingerprint density at radius 3 is 2.73 bits per heavy atom. The van der Waals surface area contributed by atoms with E-state index in [1.807, 2.05) is 6.07 Å². The Balaban J connectivity index is 1.96. The lowest BCUT2D eigenvalue weighted by Crippen LogP contribution is -2.16. The van der Waals surface area contributed by atoms with Crippen molar-refractivity contribution in [3.63, 3.8) is 0 Å². The van der Waals surface area contributed by atoms with E-state index in [4.69, 9.17) is 23.2 Å². The van der Waals surface area contributed by atoms with E-state index >= 15 is 0 Å². The molecule has 0 bridgehead atoms. The second-order valence-electron chi connectivity index (χ2n) is 5.10. The van der Waals surface area contributed by atoms with Crippen molar-refractivity contribution in [3.8, 4) is 0 Å². The van der Waals surface area contributed by atoms with Gasteiger partial charge in [0.25, 0.3) is 0 Å². The van der Waals surface area contributed by atoms with E-state index < -0.39 is 0 Å². The lowest BCUT2D eigenvalue weighted by Gasteiger charge is -2.11. The zero-order valence-corrected chi connectivity index (χ0v) is 14.1. The predicted molar refractivity (Wildman–Crippen MR) is 93.4 cm³/mol. The van der Waals surface area contributed by atoms with Gasteiger partial charge in [-0.3, -0.25) is 0 Å². The predicted octanol–water partition coefficient (Wildman–Crippen LogP) is 3.89. The van der Waals surface area contributed by atoms with Crippen molar-refractivity contribution in [1.82, 2.24) is 14.9 Å². The summed E-state index contributed by atoms with van der Waals surface area (Å²) in [6, 6.07) is 7.07. The second kappa shape index (κ2) is 8.17. The quantitative estimate of drug-likeness (QED) is 0.749. The SMILES string of the molecule is CN(C)CCCNc1ccnc(Nc2ccc(Cl)cc2Cl)n1. The van der Waals surface area contributed by atoms with Gasteiger partial charge < -0.3 is 15.5 Å². The molecule has 1 aromatic heterocycles. The first kappa shape index (κ1) is 16.8. The zero-order chi connectivity index (χ0) is 15.9. The molecule has 5 nitrogen and oxygen atoms in total. The third-order valence-electron chi connectivity index (χ3n) is 2.92. The number of anilines is 3. The van der Waals surface area contributed by atoms with Crippen LogP contribution in [0.5, 0.6) is 0 Å². The van der Waals surface area contributed by atoms with Crippen molar-refractivity contribution in [2.24, 2.45) is 0 Å². The largest absolute Gasteiger partial charge is 0.370 e. The molecule has 0 fully saturated rings. The Labute approximate surface area is 140 Å². The maximum absolute atomic E-state index is 6.13. The average Bonchev–Trinajstić information content (AvgIpc) is 2.47. The van der Waals surface area contributed by atoms with Crippen LogP contribution < -0.4 is 10.6 Å². The first-order valence-corrected chi connectivity index (χ1v) is 7.74. The normalized spacial score (nSPS) is 10.8. The number of benzene rings is 1. The fourth-order valence-electron chi connectivity index (χ4n) is 1.84. The summed E-state index contributed by atoms with van der Waals surface area (Å²) in [7, 11) is 4.12. The molecule has 7 heteroatoms. The van der Waals surface area contributed by atoms with Crippen LogP contribution in [0.4, 0.5) is 17.5 Å². The van der Waals surface area contributed by atoms with Crippen LogP contribution in [0, 0.1) is 0 Å². The summed E-state index contributed by atoms with van der Waals surface area (Å²) >= 11 is 12.0. The van der Waals surface area contributed by atoms with E-state index in [9.17, 15) is 0 Å². The fourth-order valence-corrected chi connectivity index (χ4v) is 2.30. The highest BCUT2D eigenvalue weighted by molar-refractivity contribution is 6.36. The Kier molecular flexibility index (Phi) is 6.24. The van der Waals surface area contributed by atoms with E-state index in [-0.39, 0.29) is 0 Å². The van der Waals surface area contributed by atoms with Crippen molar-refractivity contribution < 1.29 is 0 Å². The molecular formula is C15H19Cl2N5. The van der Waals surface area contributed by atoms with Crippen LogP contribution >= 0.6 is 23.2 Å². The molecule has 1 aromatic carbocycles. The standard InChI is InChI=1S/C15H19Cl2N5/c1-22(2)9-3-7-18-14-6-8-19-15(21-14)20-13-5-4-11(16)10-12(13)17/h4-6,8,10H,3,7,9H2,1-2H3,(H2,18,19,20,21). The molecule has 0 aliphatic carbocycles. The molecule has 0 radical (unpaired) electrons. The molecule has 2 N–H and O–H groups in total. The van der Waals surface area contributed by atoms with Crippen LogP contribution in [0.3, 0.4) is 0 Å². The molecule has 22 heavy (non-hydrogen) atoms. The van der Waals surface area contributed by atoms with Crippen LogP contribution in [0.1, 0.15) is 6.42 Å². The van der Waals surface area contributed by atoms with E-state index in [0.29, 0.717) is 16.0 Å². The topological polar surface area (TPSA) is 53.1 Å². The third kappa shape index (κ3) is 5.33. The summed E-state index contributed by atoms with van der Waals surface area (Å²) in [5.74, 6) is 1.27. The summed E-state index contributed by atoms with van der Waals surface area (Å²) in [6.45, 7) is 1.89. The third-order valence-corrected chi connectivity index (χ3v) is 3.47. The summed E-state index contributed by atoms with van der Waals surface area (Å²) < 4.78 is 0. The van der Waals surface area contributed by atoms with Crippen LogP contribution in [-0.2, 0) is 0 Å². The molecule has 0 spiro atoms. The number of aromatic nitrogens is 2. The maximum atomic E-state index is 6.13. The molecule has 0 aliphatic rings. The van der Waals surface area contributed by atoms with Gasteiger partial charge in [0.2, 0.25) is 5.95 Å². The Hall–Kier alpha value is -1.56. The number of nitrogens with one attached hydrogen (secondary N) is 2. The van der Waals surface area contributed by atoms with E-state index in [2.05, 4.69) is 39.6 Å². The number of rotatable bonds is 7. The highest BCUT2D eigenvalue weighted by Gasteiger charge is 2.04. The molecule has 0 saturated carbocycles. The molecule has 2 aromatic rings. The first-order chi connectivity index (χ1) is 10.5. The van der Waals surface area contributed by atoms with E-state index in [1.54, 1.807) is 24.4 Å². The summed E-state index contributed by atoms with van der Waals surface area (Å²) in [5.41, 5.74) is 0.718. The van der Waals surface area contributed by atoms with Crippen molar-refractivity contribution in [1.29, 1.82) is 0 Å². The van der Waals surface area contributed by atoms with E-state index in [0.717, 1.165) is 31.0 Å². The minimum absolute atomic E-state index is 0.488. The molecule has 1 heterocycles. The molecular weight excluding hydrogens is 321 g/mol. The van der Waals surface area contributed by atoms with Crippen molar-refractivity contribution in [3.05, 3.63) is 40.5 Å². The minimum atomic E-state index is 0.488. The number of halogens is 2. The monoisotopic (exact) mass is 339 g/mol. The molecule has 0 amide bonds. The first-order valence-electron chi connectivity index (χ1n) is 6.98. The smallest absolute Gasteiger partial charge is 0.229 e. The van der Waals surface area contributed by atoms with Gasteiger partial charge in [-0.1, -0.05) is 23.2 Å². The Morgan fingerprint density at radius 2 is 2.00 bits per heavy atom. The lowest BCUT2D eigenvalue weighted by molar-refractivity contribution is 0.405. The highest BCUT2D eigenvalue weighted by atomic mass is 35.5. The summed E-state index contributed by atoms with van der Waals surface area (Å²) in [4.78, 5) is 10.8. The van der Waals surface area contributed by atoms with Gasteiger partial charge in [0.15, 0.2) is 0 Å². The molecule has 0 aliphatic heterocycles. The van der Waals surface area contributed by atoms with Crippen molar-refractivity contribution in [2.45, 2.75) is 6.42 Å². The van der Waals surface area contributed by atoms with Gasteiger partial charge in [0, 0.05) is 17.8 Å². The van der Waals surface area contributed by atoms with Crippen LogP contribution in [0.25, 0.3) is 0 Å². The van der Waals surface area contributed by atoms with Gasteiger partial charge in [-0.25, -0.2) is 4.98 Å². The van der Waals surface area contributed by atoms with Crippen LogP contribution in [0.2, 0.25) is 10.0 Å². The van der Waals surface area contributed by atoms with Crippen LogP contribution in [0.15, 0.2) is 30.5 Å². The molecule has 118 valence electrons. The van der Waals surface area contributed by atoms with Crippen LogP contribution in [-0.4, -0.2) is 42.1 Å². The second-order valence-corrected chi connectivity index (χ2v) is 5.94. The lowest BCUT2D eigenvalue weighted by atomic mass is 10.3. The number of hydrogen-bond donors (Lipinski definition) is 2. The molecule has 0 unspecified atom stereocenters. The van der Waals surface area contributed by atoms with Gasteiger partial charge in [-0.15, -0.1) is 0 Å². The molecule has 0 saturated heterocycles. The maximum Gasteiger partial charge on any atom is 0.229 e. The summed E-state index contributed by atoms with van der Waals surface area (Å²) in [6.07, 6.45) is 2.75. The zero-order valence-electron chi connectivity index (χ0n) is 12.6. The summed E-state index contributed by atoms with van der Waals surface area (Å²) in [5, 5.41) is 7.48. The highest BCUT2D eigenvalue weighted by Crippen LogP contribution is 2.27. The number of nitrogens with zero attached hydrogens (tertiary/aromatic N) is 3. The van der Waals surface area contributed by atoms with Gasteiger partial charge >= 0.3 is 0 Å².